The van der Waals surface area contributed by atoms with Crippen LogP contribution in [0.4, 0.5) is 5.69 Å². The van der Waals surface area contributed by atoms with Gasteiger partial charge >= 0.3 is 0 Å². The fourth-order valence-corrected chi connectivity index (χ4v) is 11.1. The summed E-state index contributed by atoms with van der Waals surface area (Å²) in [5, 5.41) is 0.804. The van der Waals surface area contributed by atoms with E-state index in [0.717, 1.165) is 42.5 Å². The summed E-state index contributed by atoms with van der Waals surface area (Å²) < 4.78 is 14.6. The molecule has 1 unspecified atom stereocenters. The molecule has 0 radical (unpaired) electrons. The van der Waals surface area contributed by atoms with E-state index in [9.17, 15) is 4.89 Å². The number of hydrogen-bond donors (Lipinski definition) is 0. The van der Waals surface area contributed by atoms with Crippen LogP contribution in [0, 0.1) is 23.2 Å². The molecule has 37 heavy (non-hydrogen) atoms. The molecule has 0 spiro atoms. The Morgan fingerprint density at radius 2 is 1.76 bits per heavy atom. The third-order valence-corrected chi connectivity index (χ3v) is 12.6. The molecular weight excluding hydrogens is 477 g/mol. The number of methoxy groups -OCH3 is 1. The van der Waals surface area contributed by atoms with Crippen molar-refractivity contribution in [3.63, 3.8) is 0 Å². The van der Waals surface area contributed by atoms with E-state index in [-0.39, 0.29) is 11.5 Å². The Morgan fingerprint density at radius 1 is 1.00 bits per heavy atom. The maximum atomic E-state index is 14.9. The van der Waals surface area contributed by atoms with Crippen molar-refractivity contribution >= 4 is 18.9 Å². The molecule has 4 aliphatic rings. The van der Waals surface area contributed by atoms with E-state index >= 15 is 0 Å². The Kier molecular flexibility index (Phi) is 5.66. The van der Waals surface area contributed by atoms with Crippen LogP contribution in [0.1, 0.15) is 49.7 Å². The molecule has 1 saturated heterocycles. The molecule has 0 amide bonds. The van der Waals surface area contributed by atoms with Gasteiger partial charge in [-0.3, -0.25) is 0 Å². The average molecular weight is 514 g/mol. The lowest BCUT2D eigenvalue weighted by molar-refractivity contribution is -0.203. The summed E-state index contributed by atoms with van der Waals surface area (Å²) in [6, 6.07) is 26.9. The van der Waals surface area contributed by atoms with Crippen molar-refractivity contribution in [2.75, 3.05) is 18.3 Å². The van der Waals surface area contributed by atoms with Crippen LogP contribution in [0.2, 0.25) is 0 Å². The monoisotopic (exact) mass is 513 g/mol. The van der Waals surface area contributed by atoms with Crippen LogP contribution in [0.5, 0.6) is 5.75 Å². The van der Waals surface area contributed by atoms with Crippen molar-refractivity contribution in [3.8, 4) is 5.75 Å². The van der Waals surface area contributed by atoms with E-state index in [1.165, 1.54) is 24.0 Å². The van der Waals surface area contributed by atoms with Crippen molar-refractivity contribution in [1.82, 2.24) is 0 Å². The van der Waals surface area contributed by atoms with Crippen molar-refractivity contribution in [2.24, 2.45) is 23.2 Å². The van der Waals surface area contributed by atoms with Crippen molar-refractivity contribution < 1.29 is 14.2 Å². The summed E-state index contributed by atoms with van der Waals surface area (Å²) in [5.74, 6) is 3.22. The molecule has 3 aliphatic carbocycles. The molecule has 0 bridgehead atoms. The Balaban J connectivity index is 1.25. The van der Waals surface area contributed by atoms with Gasteiger partial charge in [-0.2, -0.15) is 0 Å². The van der Waals surface area contributed by atoms with Gasteiger partial charge in [0.1, 0.15) is 17.2 Å². The molecule has 1 aliphatic heterocycles. The number of para-hydroxylation sites is 1. The van der Waals surface area contributed by atoms with Gasteiger partial charge in [0.25, 0.3) is 0 Å². The minimum Gasteiger partial charge on any atom is -0.633 e. The minimum atomic E-state index is -3.25. The van der Waals surface area contributed by atoms with Crippen molar-refractivity contribution in [1.29, 1.82) is 0 Å². The van der Waals surface area contributed by atoms with Gasteiger partial charge in [0.05, 0.1) is 19.3 Å². The Labute approximate surface area is 221 Å². The van der Waals surface area contributed by atoms with Gasteiger partial charge < -0.3 is 9.63 Å². The highest BCUT2D eigenvalue weighted by atomic mass is 31.2. The highest BCUT2D eigenvalue weighted by Crippen LogP contribution is 2.70. The summed E-state index contributed by atoms with van der Waals surface area (Å²) in [7, 11) is -1.50. The zero-order valence-electron chi connectivity index (χ0n) is 21.8. The first-order chi connectivity index (χ1) is 18.0. The first-order valence-corrected chi connectivity index (χ1v) is 15.4. The number of anilines is 1. The minimum absolute atomic E-state index is 0.0294. The van der Waals surface area contributed by atoms with Crippen LogP contribution < -0.4 is 19.6 Å². The molecule has 3 fully saturated rings. The molecule has 7 rings (SSSR count). The highest BCUT2D eigenvalue weighted by molar-refractivity contribution is 7.73. The van der Waals surface area contributed by atoms with Gasteiger partial charge in [-0.1, -0.05) is 49.4 Å². The lowest BCUT2D eigenvalue weighted by Crippen LogP contribution is -2.53. The third kappa shape index (κ3) is 3.60. The number of benzene rings is 3. The summed E-state index contributed by atoms with van der Waals surface area (Å²) >= 11 is 0. The zero-order chi connectivity index (χ0) is 25.2. The molecule has 5 heteroatoms. The number of fused-ring (bicyclic) bond motifs is 7. The maximum absolute atomic E-state index is 14.9. The number of rotatable bonds is 3. The number of hydrogen-bond acceptors (Lipinski definition) is 4. The molecule has 2 saturated carbocycles. The molecule has 7 atom stereocenters. The third-order valence-electron chi connectivity index (χ3n) is 10.1. The lowest BCUT2D eigenvalue weighted by atomic mass is 9.55. The van der Waals surface area contributed by atoms with Crippen LogP contribution in [-0.2, 0) is 10.9 Å². The number of aryl methyl sites for hydroxylation is 1. The fourth-order valence-electron chi connectivity index (χ4n) is 8.41. The second-order valence-electron chi connectivity index (χ2n) is 11.8. The van der Waals surface area contributed by atoms with Crippen LogP contribution in [-0.4, -0.2) is 19.8 Å². The molecule has 0 N–H and O–H groups in total. The van der Waals surface area contributed by atoms with E-state index < -0.39 is 7.87 Å². The van der Waals surface area contributed by atoms with Gasteiger partial charge in [0, 0.05) is 11.3 Å². The van der Waals surface area contributed by atoms with Crippen LogP contribution >= 0.6 is 7.87 Å². The maximum Gasteiger partial charge on any atom is 0.230 e. The SMILES string of the molecule is COc1ccc2c(c1)CC[C@@H]1[C@@H]2CC[C@@]2(C)[C@H]1C[C@@H]1CN(c3ccccc3)[P+]([O-])(c3ccccc3)O[C@@H]12. The predicted octanol–water partition coefficient (Wildman–Crippen LogP) is 6.13. The fraction of sp³-hybridized carbons (Fsp3) is 0.438. The molecule has 3 aromatic carbocycles. The molecule has 0 aromatic heterocycles. The summed E-state index contributed by atoms with van der Waals surface area (Å²) in [6.07, 6.45) is 5.85. The summed E-state index contributed by atoms with van der Waals surface area (Å²) in [4.78, 5) is 14.9. The Morgan fingerprint density at radius 3 is 2.51 bits per heavy atom. The first-order valence-electron chi connectivity index (χ1n) is 13.9. The van der Waals surface area contributed by atoms with Gasteiger partial charge in [-0.05, 0) is 97.4 Å². The van der Waals surface area contributed by atoms with Gasteiger partial charge in [-0.15, -0.1) is 0 Å². The number of nitrogens with zero attached hydrogens (tertiary/aromatic N) is 1. The molecular formula is C32H36NO3P. The largest absolute Gasteiger partial charge is 0.633 e. The number of ether oxygens (including phenoxy) is 1. The summed E-state index contributed by atoms with van der Waals surface area (Å²) in [6.45, 7) is 3.24. The topological polar surface area (TPSA) is 44.8 Å². The van der Waals surface area contributed by atoms with Crippen LogP contribution in [0.3, 0.4) is 0 Å². The second-order valence-corrected chi connectivity index (χ2v) is 14.1. The normalized spacial score (nSPS) is 36.2. The highest BCUT2D eigenvalue weighted by Gasteiger charge is 2.65. The average Bonchev–Trinajstić information content (AvgIpc) is 3.24. The second kappa shape index (κ2) is 8.83. The Bertz CT molecular complexity index is 1290. The summed E-state index contributed by atoms with van der Waals surface area (Å²) in [5.41, 5.74) is 4.06. The smallest absolute Gasteiger partial charge is 0.230 e. The van der Waals surface area contributed by atoms with E-state index in [1.807, 2.05) is 48.5 Å². The predicted molar refractivity (Wildman–Crippen MR) is 148 cm³/mol. The molecule has 3 aromatic rings. The van der Waals surface area contributed by atoms with Crippen molar-refractivity contribution in [2.45, 2.75) is 51.0 Å². The van der Waals surface area contributed by atoms with Gasteiger partial charge in [0.15, 0.2) is 0 Å². The van der Waals surface area contributed by atoms with Gasteiger partial charge in [0.2, 0.25) is 7.87 Å². The standard InChI is InChI=1S/C32H36NO3P/c1-32-18-17-28-27-16-14-25(35-2)19-22(27)13-15-29(28)30(32)20-23-21-33(24-9-5-3-6-10-24)37(34,36-31(23)32)26-11-7-4-8-12-26/h3-12,14,16,19,23,28-31H,13,15,17-18,20-21H2,1-2H3/t23-,28-,29-,30+,31+,32+,37?/m1/s1. The van der Waals surface area contributed by atoms with Crippen LogP contribution in [0.15, 0.2) is 78.9 Å². The van der Waals surface area contributed by atoms with E-state index in [2.05, 4.69) is 41.9 Å². The van der Waals surface area contributed by atoms with E-state index in [4.69, 9.17) is 9.26 Å². The Hall–Kier alpha value is -2.39. The molecule has 1 heterocycles. The molecule has 4 nitrogen and oxygen atoms in total. The lowest BCUT2D eigenvalue weighted by Gasteiger charge is -2.53. The van der Waals surface area contributed by atoms with E-state index in [1.54, 1.807) is 7.11 Å². The molecule has 192 valence electrons. The quantitative estimate of drug-likeness (QED) is 0.395. The van der Waals surface area contributed by atoms with Crippen molar-refractivity contribution in [3.05, 3.63) is 90.0 Å². The van der Waals surface area contributed by atoms with E-state index in [0.29, 0.717) is 23.7 Å². The first kappa shape index (κ1) is 23.7. The van der Waals surface area contributed by atoms with Crippen LogP contribution in [0.25, 0.3) is 0 Å². The zero-order valence-corrected chi connectivity index (χ0v) is 22.6. The van der Waals surface area contributed by atoms with Gasteiger partial charge in [-0.25, -0.2) is 9.19 Å².